The zero-order valence-corrected chi connectivity index (χ0v) is 15.4. The standard InChI is InChI=1S/C17H10ClN3O3S2/c18-10-5-3-9(4-6-10)13-12(14(22)11-2-1-7-25-11)15(23)16(24)21(13)17-20-19-8-26-17/h1-8,13,23H/t13-/m0/s1. The van der Waals surface area contributed by atoms with Gasteiger partial charge in [-0.3, -0.25) is 14.5 Å². The van der Waals surface area contributed by atoms with Crippen LogP contribution in [0.15, 0.2) is 58.6 Å². The third-order valence-corrected chi connectivity index (χ3v) is 5.75. The number of hydrogen-bond donors (Lipinski definition) is 1. The SMILES string of the molecule is O=C(C1=C(O)C(=O)N(c2nncs2)[C@H]1c1ccc(Cl)cc1)c1cccs1. The van der Waals surface area contributed by atoms with E-state index >= 15 is 0 Å². The maximum Gasteiger partial charge on any atom is 0.296 e. The minimum absolute atomic E-state index is 0.0231. The molecule has 26 heavy (non-hydrogen) atoms. The van der Waals surface area contributed by atoms with Gasteiger partial charge in [-0.1, -0.05) is 41.1 Å². The molecular formula is C17H10ClN3O3S2. The summed E-state index contributed by atoms with van der Waals surface area (Å²) in [6, 6.07) is 9.37. The maximum absolute atomic E-state index is 13.0. The minimum Gasteiger partial charge on any atom is -0.503 e. The van der Waals surface area contributed by atoms with E-state index in [-0.39, 0.29) is 5.57 Å². The first-order valence-electron chi connectivity index (χ1n) is 7.44. The van der Waals surface area contributed by atoms with E-state index in [4.69, 9.17) is 11.6 Å². The highest BCUT2D eigenvalue weighted by Gasteiger charge is 2.46. The summed E-state index contributed by atoms with van der Waals surface area (Å²) in [6.07, 6.45) is 0. The highest BCUT2D eigenvalue weighted by atomic mass is 35.5. The van der Waals surface area contributed by atoms with Crippen molar-refractivity contribution in [3.05, 3.63) is 74.1 Å². The number of amides is 1. The number of carbonyl (C=O) groups excluding carboxylic acids is 2. The number of aliphatic hydroxyl groups is 1. The van der Waals surface area contributed by atoms with Crippen LogP contribution in [0.5, 0.6) is 0 Å². The van der Waals surface area contributed by atoms with Gasteiger partial charge in [0.05, 0.1) is 16.5 Å². The van der Waals surface area contributed by atoms with Gasteiger partial charge in [0.15, 0.2) is 5.76 Å². The number of benzene rings is 1. The van der Waals surface area contributed by atoms with Crippen LogP contribution in [-0.2, 0) is 4.79 Å². The number of aromatic nitrogens is 2. The average molecular weight is 404 g/mol. The van der Waals surface area contributed by atoms with Gasteiger partial charge in [0.2, 0.25) is 10.9 Å². The van der Waals surface area contributed by atoms with Crippen molar-refractivity contribution in [1.82, 2.24) is 10.2 Å². The van der Waals surface area contributed by atoms with E-state index in [2.05, 4.69) is 10.2 Å². The van der Waals surface area contributed by atoms with Crippen molar-refractivity contribution in [2.75, 3.05) is 4.90 Å². The summed E-state index contributed by atoms with van der Waals surface area (Å²) in [6.45, 7) is 0. The lowest BCUT2D eigenvalue weighted by Gasteiger charge is -2.23. The number of hydrogen-bond acceptors (Lipinski definition) is 7. The van der Waals surface area contributed by atoms with Crippen molar-refractivity contribution >= 4 is 51.1 Å². The Morgan fingerprint density at radius 1 is 1.19 bits per heavy atom. The van der Waals surface area contributed by atoms with Crippen LogP contribution in [0, 0.1) is 0 Å². The third kappa shape index (κ3) is 2.72. The average Bonchev–Trinajstić information content (AvgIpc) is 3.38. The number of thiophene rings is 1. The lowest BCUT2D eigenvalue weighted by Crippen LogP contribution is -2.31. The molecule has 0 saturated carbocycles. The number of aliphatic hydroxyl groups excluding tert-OH is 1. The van der Waals surface area contributed by atoms with E-state index in [1.807, 2.05) is 0 Å². The van der Waals surface area contributed by atoms with Crippen molar-refractivity contribution < 1.29 is 14.7 Å². The Kier molecular flexibility index (Phi) is 4.31. The zero-order valence-electron chi connectivity index (χ0n) is 13.0. The smallest absolute Gasteiger partial charge is 0.296 e. The molecule has 0 aliphatic carbocycles. The van der Waals surface area contributed by atoms with E-state index in [0.29, 0.717) is 20.6 Å². The molecule has 3 aromatic rings. The fourth-order valence-corrected chi connectivity index (χ4v) is 4.20. The van der Waals surface area contributed by atoms with E-state index < -0.39 is 23.5 Å². The van der Waals surface area contributed by atoms with Gasteiger partial charge in [0.1, 0.15) is 5.51 Å². The molecule has 1 aliphatic rings. The third-order valence-electron chi connectivity index (χ3n) is 3.94. The molecule has 1 amide bonds. The van der Waals surface area contributed by atoms with Crippen molar-refractivity contribution in [2.24, 2.45) is 0 Å². The fraction of sp³-hybridized carbons (Fsp3) is 0.0588. The first kappa shape index (κ1) is 16.9. The Hall–Kier alpha value is -2.55. The van der Waals surface area contributed by atoms with E-state index in [9.17, 15) is 14.7 Å². The zero-order chi connectivity index (χ0) is 18.3. The van der Waals surface area contributed by atoms with Crippen LogP contribution in [0.4, 0.5) is 5.13 Å². The molecule has 0 unspecified atom stereocenters. The molecule has 3 heterocycles. The second-order valence-electron chi connectivity index (χ2n) is 5.42. The molecular weight excluding hydrogens is 394 g/mol. The fourth-order valence-electron chi connectivity index (χ4n) is 2.81. The molecule has 0 saturated heterocycles. The lowest BCUT2D eigenvalue weighted by molar-refractivity contribution is -0.117. The first-order chi connectivity index (χ1) is 12.6. The van der Waals surface area contributed by atoms with Gasteiger partial charge in [0, 0.05) is 5.02 Å². The Labute approximate surface area is 161 Å². The quantitative estimate of drug-likeness (QED) is 0.665. The van der Waals surface area contributed by atoms with Gasteiger partial charge in [-0.05, 0) is 29.1 Å². The number of rotatable bonds is 4. The molecule has 0 spiro atoms. The Bertz CT molecular complexity index is 999. The summed E-state index contributed by atoms with van der Waals surface area (Å²) < 4.78 is 0. The molecule has 6 nitrogen and oxygen atoms in total. The van der Waals surface area contributed by atoms with Crippen LogP contribution in [0.3, 0.4) is 0 Å². The number of Topliss-reactive ketones (excluding diaryl/α,β-unsaturated/α-hetero) is 1. The van der Waals surface area contributed by atoms with Crippen molar-refractivity contribution in [3.8, 4) is 0 Å². The molecule has 1 aromatic carbocycles. The second kappa shape index (κ2) is 6.64. The molecule has 0 bridgehead atoms. The maximum atomic E-state index is 13.0. The monoisotopic (exact) mass is 403 g/mol. The minimum atomic E-state index is -0.803. The molecule has 1 atom stereocenters. The molecule has 0 fully saturated rings. The predicted molar refractivity (Wildman–Crippen MR) is 99.9 cm³/mol. The highest BCUT2D eigenvalue weighted by Crippen LogP contribution is 2.42. The van der Waals surface area contributed by atoms with E-state index in [1.54, 1.807) is 41.8 Å². The van der Waals surface area contributed by atoms with E-state index in [1.165, 1.54) is 21.7 Å². The Balaban J connectivity index is 1.88. The van der Waals surface area contributed by atoms with Gasteiger partial charge in [-0.2, -0.15) is 0 Å². The van der Waals surface area contributed by atoms with Crippen LogP contribution < -0.4 is 4.90 Å². The summed E-state index contributed by atoms with van der Waals surface area (Å²) in [7, 11) is 0. The summed E-state index contributed by atoms with van der Waals surface area (Å²) >= 11 is 8.36. The number of anilines is 1. The number of ketones is 1. The molecule has 1 N–H and O–H groups in total. The normalized spacial score (nSPS) is 17.2. The van der Waals surface area contributed by atoms with Crippen molar-refractivity contribution in [2.45, 2.75) is 6.04 Å². The van der Waals surface area contributed by atoms with E-state index in [0.717, 1.165) is 11.3 Å². The van der Waals surface area contributed by atoms with Crippen LogP contribution in [0.25, 0.3) is 0 Å². The second-order valence-corrected chi connectivity index (χ2v) is 7.62. The Morgan fingerprint density at radius 3 is 2.58 bits per heavy atom. The van der Waals surface area contributed by atoms with Crippen LogP contribution in [0.2, 0.25) is 5.02 Å². The molecule has 2 aromatic heterocycles. The number of nitrogens with zero attached hydrogens (tertiary/aromatic N) is 3. The number of carbonyl (C=O) groups is 2. The lowest BCUT2D eigenvalue weighted by atomic mass is 9.95. The van der Waals surface area contributed by atoms with Crippen LogP contribution in [0.1, 0.15) is 21.3 Å². The summed E-state index contributed by atoms with van der Waals surface area (Å²) in [4.78, 5) is 27.4. The largest absolute Gasteiger partial charge is 0.503 e. The van der Waals surface area contributed by atoms with Crippen LogP contribution >= 0.6 is 34.3 Å². The van der Waals surface area contributed by atoms with Crippen LogP contribution in [-0.4, -0.2) is 27.0 Å². The topological polar surface area (TPSA) is 83.4 Å². The summed E-state index contributed by atoms with van der Waals surface area (Å²) in [5.41, 5.74) is 2.15. The first-order valence-corrected chi connectivity index (χ1v) is 9.58. The Morgan fingerprint density at radius 2 is 1.96 bits per heavy atom. The highest BCUT2D eigenvalue weighted by molar-refractivity contribution is 7.13. The van der Waals surface area contributed by atoms with Gasteiger partial charge in [-0.15, -0.1) is 21.5 Å². The summed E-state index contributed by atoms with van der Waals surface area (Å²) in [5.74, 6) is -1.64. The molecule has 1 aliphatic heterocycles. The van der Waals surface area contributed by atoms with Gasteiger partial charge >= 0.3 is 0 Å². The molecule has 0 radical (unpaired) electrons. The van der Waals surface area contributed by atoms with Gasteiger partial charge in [0.25, 0.3) is 5.91 Å². The molecule has 130 valence electrons. The van der Waals surface area contributed by atoms with Gasteiger partial charge in [-0.25, -0.2) is 0 Å². The van der Waals surface area contributed by atoms with Gasteiger partial charge < -0.3 is 5.11 Å². The predicted octanol–water partition coefficient (Wildman–Crippen LogP) is 4.04. The summed E-state index contributed by atoms with van der Waals surface area (Å²) in [5, 5.41) is 20.8. The van der Waals surface area contributed by atoms with Crippen molar-refractivity contribution in [1.29, 1.82) is 0 Å². The molecule has 4 rings (SSSR count). The molecule has 9 heteroatoms. The number of halogens is 1. The van der Waals surface area contributed by atoms with Crippen molar-refractivity contribution in [3.63, 3.8) is 0 Å².